The second kappa shape index (κ2) is 6.12. The average Bonchev–Trinajstić information content (AvgIpc) is 4.31. The highest BCUT2D eigenvalue weighted by Crippen LogP contribution is 2.84. The zero-order chi connectivity index (χ0) is 42.8. The van der Waals surface area contributed by atoms with Crippen LogP contribution in [0.25, 0.3) is 280 Å². The maximum absolute atomic E-state index is 14.9. The first-order valence-electron chi connectivity index (χ1n) is 25.9. The molecule has 2 atom stereocenters. The van der Waals surface area contributed by atoms with Crippen molar-refractivity contribution in [1.82, 2.24) is 0 Å². The number of carbonyl (C=O) groups is 1. The van der Waals surface area contributed by atoms with Gasteiger partial charge in [0.25, 0.3) is 0 Å². The van der Waals surface area contributed by atoms with E-state index in [-0.39, 0.29) is 5.97 Å². The van der Waals surface area contributed by atoms with Crippen LogP contribution in [0.1, 0.15) is 45.9 Å². The Morgan fingerprint density at radius 1 is 0.282 bits per heavy atom. The lowest BCUT2D eigenvalue weighted by Gasteiger charge is -2.48. The third kappa shape index (κ3) is 1.47. The molecule has 0 aliphatic heterocycles. The van der Waals surface area contributed by atoms with Crippen LogP contribution in [0.4, 0.5) is 0 Å². The minimum Gasteiger partial charge on any atom is -0.444 e. The molecule has 0 saturated carbocycles. The van der Waals surface area contributed by atoms with Crippen molar-refractivity contribution in [2.24, 2.45) is 0 Å². The van der Waals surface area contributed by atoms with Crippen molar-refractivity contribution in [3.8, 4) is 0 Å². The molecule has 0 heterocycles. The highest BCUT2D eigenvalue weighted by molar-refractivity contribution is 6.81. The van der Waals surface area contributed by atoms with E-state index in [1.165, 1.54) is 168 Å². The first-order valence-corrected chi connectivity index (χ1v) is 26.3. The lowest BCUT2D eigenvalue weighted by Crippen LogP contribution is -2.45. The zero-order valence-corrected chi connectivity index (χ0v) is 36.8. The normalized spacial score (nSPS) is 21.5. The first kappa shape index (κ1) is 27.0. The predicted octanol–water partition coefficient (Wildman–Crippen LogP) is 18.2. The molecule has 28 aromatic rings. The Kier molecular flexibility index (Phi) is 2.33. The molecular weight excluding hydrogens is 884 g/mol. The molecule has 2 unspecified atom stereocenters. The van der Waals surface area contributed by atoms with E-state index in [9.17, 15) is 4.79 Å². The number of carbonyl (C=O) groups excluding carboxylic acids is 1. The van der Waals surface area contributed by atoms with Crippen LogP contribution in [-0.2, 0) is 20.5 Å². The molecule has 5 aliphatic rings. The molecule has 0 radical (unpaired) electrons. The lowest BCUT2D eigenvalue weighted by molar-refractivity contribution is -0.150. The van der Waals surface area contributed by atoms with Gasteiger partial charge in [-0.2, -0.15) is 0 Å². The Labute approximate surface area is 391 Å². The van der Waals surface area contributed by atoms with E-state index >= 15 is 0 Å². The van der Waals surface area contributed by atoms with Crippen molar-refractivity contribution in [1.29, 1.82) is 0 Å². The standard InChI is InChI=1S/C68H7ClO2/c1-6(70)71-68-62-54-45-38-25-18-12-11-13-9-10-14(12)23(25)29-27-16(10)19-15(9)26-28-22(13)24-17(11)20-21(18)32-39-31(20)40-37(24)44-42(28)46-33(26)35-30(19)36-34(27)47(43(29)45)58(62)60-49(36)48(35)59-57(46)61-53(44)50(40)55-52(39)56(51(54)41(32)38)65(68)63(55)67(61,64(59)66(60)68)7-2-4-8(69)5-3-7/h2-5H,1H3. The van der Waals surface area contributed by atoms with Gasteiger partial charge in [-0.1, -0.05) is 23.7 Å². The van der Waals surface area contributed by atoms with E-state index in [1.54, 1.807) is 158 Å². The van der Waals surface area contributed by atoms with Gasteiger partial charge in [0.2, 0.25) is 0 Å². The molecule has 71 heavy (non-hydrogen) atoms. The summed E-state index contributed by atoms with van der Waals surface area (Å²) in [4.78, 5) is 14.9. The molecular formula is C68H7ClO2. The number of ether oxygens (including phenoxy) is 1. The second-order valence-electron chi connectivity index (χ2n) is 25.3. The Balaban J connectivity index is 1.21. The molecule has 0 saturated heterocycles. The lowest BCUT2D eigenvalue weighted by atomic mass is 9.55. The number of halogens is 1. The number of hydrogen-bond donors (Lipinski definition) is 0. The molecule has 0 bridgehead atoms. The van der Waals surface area contributed by atoms with Crippen molar-refractivity contribution in [3.05, 3.63) is 68.2 Å². The van der Waals surface area contributed by atoms with Crippen LogP contribution in [-0.4, -0.2) is 5.97 Å². The minimum atomic E-state index is -1.11. The fourth-order valence-electron chi connectivity index (χ4n) is 24.7. The number of hydrogen-bond acceptors (Lipinski definition) is 2. The molecule has 298 valence electrons. The van der Waals surface area contributed by atoms with Gasteiger partial charge in [-0.05, 0) is 309 Å². The fraction of sp³-hybridized carbons (Fsp3) is 0.0441. The number of esters is 1. The van der Waals surface area contributed by atoms with Crippen LogP contribution in [0.5, 0.6) is 0 Å². The highest BCUT2D eigenvalue weighted by Gasteiger charge is 2.68. The molecule has 0 aromatic heterocycles. The van der Waals surface area contributed by atoms with E-state index in [1.807, 2.05) is 0 Å². The molecule has 0 fully saturated rings. The van der Waals surface area contributed by atoms with E-state index in [4.69, 9.17) is 16.3 Å². The van der Waals surface area contributed by atoms with Gasteiger partial charge in [0.05, 0.1) is 5.41 Å². The molecule has 0 N–H and O–H groups in total. The zero-order valence-electron chi connectivity index (χ0n) is 36.0. The summed E-state index contributed by atoms with van der Waals surface area (Å²) in [7, 11) is 0. The Hall–Kier alpha value is -8.56. The summed E-state index contributed by atoms with van der Waals surface area (Å²) in [6.07, 6.45) is 0. The summed E-state index contributed by atoms with van der Waals surface area (Å²) in [5, 5.41) is 80.4. The summed E-state index contributed by atoms with van der Waals surface area (Å²) in [5.74, 6) is -0.189. The Morgan fingerprint density at radius 2 is 0.479 bits per heavy atom. The molecule has 0 amide bonds. The topological polar surface area (TPSA) is 26.3 Å². The van der Waals surface area contributed by atoms with Crippen LogP contribution in [0.3, 0.4) is 0 Å². The van der Waals surface area contributed by atoms with Crippen LogP contribution in [0.2, 0.25) is 5.02 Å². The predicted molar refractivity (Wildman–Crippen MR) is 295 cm³/mol. The smallest absolute Gasteiger partial charge is 0.304 e. The molecule has 2 nitrogen and oxygen atoms in total. The van der Waals surface area contributed by atoms with Gasteiger partial charge in [-0.3, -0.25) is 4.79 Å². The summed E-state index contributed by atoms with van der Waals surface area (Å²) >= 11 is 7.06. The van der Waals surface area contributed by atoms with E-state index in [2.05, 4.69) is 24.3 Å². The largest absolute Gasteiger partial charge is 0.444 e. The summed E-state index contributed by atoms with van der Waals surface area (Å²) in [6, 6.07) is 9.18. The van der Waals surface area contributed by atoms with Crippen LogP contribution < -0.4 is 0 Å². The van der Waals surface area contributed by atoms with Gasteiger partial charge in [0, 0.05) is 34.0 Å². The molecule has 33 rings (SSSR count). The number of rotatable bonds is 2. The van der Waals surface area contributed by atoms with Gasteiger partial charge < -0.3 is 4.74 Å². The summed E-state index contributed by atoms with van der Waals surface area (Å²) in [5.41, 5.74) is 7.84. The summed E-state index contributed by atoms with van der Waals surface area (Å²) in [6.45, 7) is 1.72. The third-order valence-electron chi connectivity index (χ3n) is 24.8. The van der Waals surface area contributed by atoms with Crippen LogP contribution in [0.15, 0.2) is 24.3 Å². The van der Waals surface area contributed by atoms with Crippen LogP contribution in [0, 0.1) is 0 Å². The monoisotopic (exact) mass is 890 g/mol. The highest BCUT2D eigenvalue weighted by atomic mass is 35.5. The molecule has 3 heteroatoms. The fourth-order valence-corrected chi connectivity index (χ4v) is 24.8. The first-order chi connectivity index (χ1) is 35.1. The second-order valence-corrected chi connectivity index (χ2v) is 25.7. The van der Waals surface area contributed by atoms with Gasteiger partial charge >= 0.3 is 5.97 Å². The van der Waals surface area contributed by atoms with Crippen LogP contribution >= 0.6 is 11.6 Å². The maximum Gasteiger partial charge on any atom is 0.304 e. The third-order valence-corrected chi connectivity index (χ3v) is 25.0. The van der Waals surface area contributed by atoms with Gasteiger partial charge in [-0.25, -0.2) is 0 Å². The van der Waals surface area contributed by atoms with Crippen molar-refractivity contribution in [2.75, 3.05) is 0 Å². The Morgan fingerprint density at radius 3 is 0.789 bits per heavy atom. The minimum absolute atomic E-state index is 0.189. The van der Waals surface area contributed by atoms with Gasteiger partial charge in [0.1, 0.15) is 0 Å². The average molecular weight is 891 g/mol. The summed E-state index contributed by atoms with van der Waals surface area (Å²) < 4.78 is 7.80. The maximum atomic E-state index is 14.9. The Bertz CT molecular complexity index is 7520. The molecule has 28 aromatic carbocycles. The van der Waals surface area contributed by atoms with E-state index < -0.39 is 11.0 Å². The SMILES string of the molecule is CC(=O)OC12c3c4c5c6c7c8c9c%10c(c1c1c%11c2c2c%12c3c5c3c5c%12c%12c2c2c%11c%11c%13c1c%10c1c%10c9c9c7c7c6c3c3c5c5c%12c6c2c%11c2c(c%131)c1c%10c9c9c7c3c3c9c1c2c6c53)C48c1ccc(Cl)cc1. The van der Waals surface area contributed by atoms with Crippen molar-refractivity contribution in [2.45, 2.75) is 17.9 Å². The quantitative estimate of drug-likeness (QED) is 0.128. The van der Waals surface area contributed by atoms with E-state index in [0.717, 1.165) is 5.02 Å². The number of benzene rings is 18. The van der Waals surface area contributed by atoms with E-state index in [0.29, 0.717) is 0 Å². The van der Waals surface area contributed by atoms with Gasteiger partial charge in [-0.15, -0.1) is 0 Å². The molecule has 5 aliphatic carbocycles. The van der Waals surface area contributed by atoms with Gasteiger partial charge in [0.15, 0.2) is 5.60 Å². The van der Waals surface area contributed by atoms with Crippen molar-refractivity contribution >= 4 is 298 Å². The molecule has 0 spiro atoms. The van der Waals surface area contributed by atoms with Crippen molar-refractivity contribution < 1.29 is 9.53 Å². The van der Waals surface area contributed by atoms with Crippen molar-refractivity contribution in [3.63, 3.8) is 0 Å².